The first kappa shape index (κ1) is 20.9. The summed E-state index contributed by atoms with van der Waals surface area (Å²) in [7, 11) is -7.33. The smallest absolute Gasteiger partial charge is 0.261 e. The van der Waals surface area contributed by atoms with Gasteiger partial charge in [0.1, 0.15) is 0 Å². The number of anilines is 1. The minimum Gasteiger partial charge on any atom is -0.280 e. The monoisotopic (exact) mass is 460 g/mol. The number of nitrogens with one attached hydrogen (secondary N) is 1. The van der Waals surface area contributed by atoms with Gasteiger partial charge in [-0.05, 0) is 55.0 Å². The van der Waals surface area contributed by atoms with Crippen LogP contribution in [0, 0.1) is 6.92 Å². The zero-order valence-electron chi connectivity index (χ0n) is 14.7. The van der Waals surface area contributed by atoms with Gasteiger partial charge in [0.25, 0.3) is 10.0 Å². The van der Waals surface area contributed by atoms with Crippen LogP contribution in [0.15, 0.2) is 56.7 Å². The van der Waals surface area contributed by atoms with Gasteiger partial charge >= 0.3 is 0 Å². The second-order valence-electron chi connectivity index (χ2n) is 5.63. The molecule has 9 heteroatoms. The summed E-state index contributed by atoms with van der Waals surface area (Å²) in [5.41, 5.74) is 1.10. The number of nitrogens with zero attached hydrogens (tertiary/aromatic N) is 1. The van der Waals surface area contributed by atoms with E-state index in [1.54, 1.807) is 32.9 Å². The Hall–Kier alpha value is -1.42. The van der Waals surface area contributed by atoms with E-state index in [9.17, 15) is 16.8 Å². The van der Waals surface area contributed by atoms with Crippen LogP contribution in [0.25, 0.3) is 0 Å². The molecule has 0 aromatic heterocycles. The molecular weight excluding hydrogens is 440 g/mol. The largest absolute Gasteiger partial charge is 0.280 e. The summed E-state index contributed by atoms with van der Waals surface area (Å²) in [5.74, 6) is 0. The normalized spacial score (nSPS) is 12.3. The maximum absolute atomic E-state index is 12.5. The Bertz CT molecular complexity index is 984. The van der Waals surface area contributed by atoms with Gasteiger partial charge in [0.05, 0.1) is 9.79 Å². The van der Waals surface area contributed by atoms with Crippen molar-refractivity contribution in [2.75, 3.05) is 17.8 Å². The minimum absolute atomic E-state index is 0.128. The van der Waals surface area contributed by atoms with Crippen LogP contribution >= 0.6 is 15.9 Å². The summed E-state index contributed by atoms with van der Waals surface area (Å²) < 4.78 is 54.6. The second-order valence-corrected chi connectivity index (χ2v) is 10.1. The average Bonchev–Trinajstić information content (AvgIpc) is 2.58. The summed E-state index contributed by atoms with van der Waals surface area (Å²) in [5, 5.41) is 0. The number of sulfonamides is 2. The first-order valence-electron chi connectivity index (χ1n) is 8.01. The number of halogens is 1. The van der Waals surface area contributed by atoms with E-state index in [1.165, 1.54) is 34.6 Å². The van der Waals surface area contributed by atoms with Crippen LogP contribution in [0.2, 0.25) is 0 Å². The molecule has 2 aromatic carbocycles. The fourth-order valence-corrected chi connectivity index (χ4v) is 5.25. The molecule has 0 fully saturated rings. The molecule has 142 valence electrons. The van der Waals surface area contributed by atoms with Gasteiger partial charge < -0.3 is 0 Å². The Kier molecular flexibility index (Phi) is 6.49. The van der Waals surface area contributed by atoms with Crippen molar-refractivity contribution in [2.24, 2.45) is 0 Å². The number of hydrogen-bond acceptors (Lipinski definition) is 4. The molecule has 0 aliphatic heterocycles. The van der Waals surface area contributed by atoms with Crippen LogP contribution in [0.3, 0.4) is 0 Å². The Morgan fingerprint density at radius 2 is 1.46 bits per heavy atom. The SMILES string of the molecule is CCN(CC)S(=O)(=O)c1ccc(NS(=O)(=O)c2ccc(Br)c(C)c2)cc1. The van der Waals surface area contributed by atoms with E-state index in [0.29, 0.717) is 18.8 Å². The lowest BCUT2D eigenvalue weighted by atomic mass is 10.2. The molecule has 0 aliphatic carbocycles. The summed E-state index contributed by atoms with van der Waals surface area (Å²) in [4.78, 5) is 0.265. The van der Waals surface area contributed by atoms with Gasteiger partial charge in [-0.25, -0.2) is 16.8 Å². The number of benzene rings is 2. The third-order valence-corrected chi connectivity index (χ3v) is 8.22. The lowest BCUT2D eigenvalue weighted by Gasteiger charge is -2.18. The molecule has 0 unspecified atom stereocenters. The molecule has 6 nitrogen and oxygen atoms in total. The zero-order valence-corrected chi connectivity index (χ0v) is 17.9. The first-order valence-corrected chi connectivity index (χ1v) is 11.7. The Morgan fingerprint density at radius 1 is 0.923 bits per heavy atom. The van der Waals surface area contributed by atoms with Crippen molar-refractivity contribution in [1.29, 1.82) is 0 Å². The summed E-state index contributed by atoms with van der Waals surface area (Å²) in [6.45, 7) is 6.08. The molecule has 0 atom stereocenters. The van der Waals surface area contributed by atoms with Gasteiger partial charge in [0, 0.05) is 23.2 Å². The van der Waals surface area contributed by atoms with Gasteiger partial charge in [-0.1, -0.05) is 29.8 Å². The van der Waals surface area contributed by atoms with Crippen molar-refractivity contribution in [2.45, 2.75) is 30.6 Å². The van der Waals surface area contributed by atoms with Gasteiger partial charge in [0.15, 0.2) is 0 Å². The maximum Gasteiger partial charge on any atom is 0.261 e. The molecule has 0 heterocycles. The van der Waals surface area contributed by atoms with E-state index >= 15 is 0 Å². The Labute approximate surface area is 163 Å². The lowest BCUT2D eigenvalue weighted by Crippen LogP contribution is -2.30. The zero-order chi connectivity index (χ0) is 19.5. The predicted octanol–water partition coefficient (Wildman–Crippen LogP) is 3.59. The highest BCUT2D eigenvalue weighted by molar-refractivity contribution is 9.10. The topological polar surface area (TPSA) is 83.6 Å². The van der Waals surface area contributed by atoms with Gasteiger partial charge in [-0.2, -0.15) is 4.31 Å². The van der Waals surface area contributed by atoms with Crippen molar-refractivity contribution in [3.8, 4) is 0 Å². The van der Waals surface area contributed by atoms with Crippen LogP contribution in [0.1, 0.15) is 19.4 Å². The molecule has 0 amide bonds. The van der Waals surface area contributed by atoms with Crippen molar-refractivity contribution >= 4 is 41.7 Å². The third-order valence-electron chi connectivity index (χ3n) is 3.89. The lowest BCUT2D eigenvalue weighted by molar-refractivity contribution is 0.445. The fraction of sp³-hybridized carbons (Fsp3) is 0.294. The van der Waals surface area contributed by atoms with Crippen LogP contribution in [0.5, 0.6) is 0 Å². The molecule has 0 aliphatic rings. The molecule has 0 bridgehead atoms. The van der Waals surface area contributed by atoms with Gasteiger partial charge in [-0.15, -0.1) is 0 Å². The number of rotatable bonds is 7. The maximum atomic E-state index is 12.5. The highest BCUT2D eigenvalue weighted by atomic mass is 79.9. The molecule has 2 aromatic rings. The van der Waals surface area contributed by atoms with Crippen molar-refractivity contribution in [3.63, 3.8) is 0 Å². The highest BCUT2D eigenvalue weighted by Crippen LogP contribution is 2.23. The first-order chi connectivity index (χ1) is 12.1. The Morgan fingerprint density at radius 3 is 1.96 bits per heavy atom. The quantitative estimate of drug-likeness (QED) is 0.683. The molecule has 0 radical (unpaired) electrons. The van der Waals surface area contributed by atoms with Gasteiger partial charge in [-0.3, -0.25) is 4.72 Å². The summed E-state index contributed by atoms with van der Waals surface area (Å²) >= 11 is 3.34. The molecule has 1 N–H and O–H groups in total. The van der Waals surface area contributed by atoms with Crippen LogP contribution < -0.4 is 4.72 Å². The second kappa shape index (κ2) is 8.08. The van der Waals surface area contributed by atoms with E-state index in [2.05, 4.69) is 20.7 Å². The fourth-order valence-electron chi connectivity index (χ4n) is 2.41. The van der Waals surface area contributed by atoms with E-state index in [1.807, 2.05) is 0 Å². The van der Waals surface area contributed by atoms with Crippen LogP contribution in [-0.4, -0.2) is 34.2 Å². The predicted molar refractivity (Wildman–Crippen MR) is 106 cm³/mol. The Balaban J connectivity index is 2.27. The molecule has 0 saturated carbocycles. The van der Waals surface area contributed by atoms with Crippen LogP contribution in [0.4, 0.5) is 5.69 Å². The molecule has 2 rings (SSSR count). The van der Waals surface area contributed by atoms with E-state index < -0.39 is 20.0 Å². The number of hydrogen-bond donors (Lipinski definition) is 1. The summed E-state index contributed by atoms with van der Waals surface area (Å²) in [6, 6.07) is 10.4. The molecule has 0 spiro atoms. The summed E-state index contributed by atoms with van der Waals surface area (Å²) in [6.07, 6.45) is 0. The van der Waals surface area contributed by atoms with Crippen molar-refractivity contribution in [1.82, 2.24) is 4.31 Å². The third kappa shape index (κ3) is 4.46. The standard InChI is InChI=1S/C17H21BrN2O4S2/c1-4-20(5-2)26(23,24)15-8-6-14(7-9-15)19-25(21,22)16-10-11-17(18)13(3)12-16/h6-12,19H,4-5H2,1-3H3. The highest BCUT2D eigenvalue weighted by Gasteiger charge is 2.22. The van der Waals surface area contributed by atoms with E-state index in [-0.39, 0.29) is 9.79 Å². The molecular formula is C17H21BrN2O4S2. The number of aryl methyl sites for hydroxylation is 1. The molecule has 0 saturated heterocycles. The van der Waals surface area contributed by atoms with Gasteiger partial charge in [0.2, 0.25) is 10.0 Å². The molecule has 26 heavy (non-hydrogen) atoms. The van der Waals surface area contributed by atoms with Crippen molar-refractivity contribution < 1.29 is 16.8 Å². The average molecular weight is 461 g/mol. The van der Waals surface area contributed by atoms with E-state index in [4.69, 9.17) is 0 Å². The van der Waals surface area contributed by atoms with Crippen molar-refractivity contribution in [3.05, 3.63) is 52.5 Å². The van der Waals surface area contributed by atoms with E-state index in [0.717, 1.165) is 10.0 Å². The minimum atomic E-state index is -3.76. The van der Waals surface area contributed by atoms with Crippen LogP contribution in [-0.2, 0) is 20.0 Å².